The number of thiophene rings is 1. The number of carbonyl (C=O) groups excluding carboxylic acids is 1. The van der Waals surface area contributed by atoms with Crippen molar-refractivity contribution in [1.82, 2.24) is 19.7 Å². The monoisotopic (exact) mass is 520 g/mol. The Labute approximate surface area is 223 Å². The summed E-state index contributed by atoms with van der Waals surface area (Å²) in [4.78, 5) is 23.6. The van der Waals surface area contributed by atoms with Crippen molar-refractivity contribution in [3.8, 4) is 16.5 Å². The second kappa shape index (κ2) is 10.3. The van der Waals surface area contributed by atoms with Gasteiger partial charge in [-0.15, -0.1) is 16.4 Å². The largest absolute Gasteiger partial charge is 0.489 e. The molecule has 0 saturated heterocycles. The third-order valence-corrected chi connectivity index (χ3v) is 7.03. The molecule has 1 aliphatic heterocycles. The van der Waals surface area contributed by atoms with E-state index in [1.807, 2.05) is 85.1 Å². The summed E-state index contributed by atoms with van der Waals surface area (Å²) >= 11 is 1.57. The smallest absolute Gasteiger partial charge is 0.257 e. The van der Waals surface area contributed by atoms with Gasteiger partial charge in [0.1, 0.15) is 24.2 Å². The van der Waals surface area contributed by atoms with Crippen molar-refractivity contribution < 1.29 is 9.53 Å². The average molecular weight is 521 g/mol. The van der Waals surface area contributed by atoms with Crippen LogP contribution in [0.1, 0.15) is 24.1 Å². The molecule has 3 aromatic heterocycles. The molecule has 38 heavy (non-hydrogen) atoms. The van der Waals surface area contributed by atoms with Crippen LogP contribution in [-0.2, 0) is 11.4 Å². The Balaban J connectivity index is 1.39. The van der Waals surface area contributed by atoms with Crippen LogP contribution in [0.3, 0.4) is 0 Å². The van der Waals surface area contributed by atoms with Gasteiger partial charge in [-0.2, -0.15) is 4.98 Å². The van der Waals surface area contributed by atoms with Crippen molar-refractivity contribution in [2.75, 3.05) is 10.6 Å². The molecule has 1 aliphatic rings. The number of hydrogen-bond acceptors (Lipinski definition) is 7. The van der Waals surface area contributed by atoms with E-state index in [4.69, 9.17) is 14.8 Å². The van der Waals surface area contributed by atoms with Crippen LogP contribution in [0.25, 0.3) is 10.7 Å². The van der Waals surface area contributed by atoms with E-state index in [2.05, 4.69) is 15.6 Å². The van der Waals surface area contributed by atoms with Crippen molar-refractivity contribution >= 4 is 29.0 Å². The van der Waals surface area contributed by atoms with Crippen LogP contribution in [0.2, 0.25) is 0 Å². The number of carbonyl (C=O) groups is 1. The van der Waals surface area contributed by atoms with E-state index in [1.165, 1.54) is 0 Å². The first-order valence-electron chi connectivity index (χ1n) is 12.1. The number of anilines is 2. The zero-order valence-electron chi connectivity index (χ0n) is 20.5. The highest BCUT2D eigenvalue weighted by atomic mass is 32.1. The molecule has 8 nitrogen and oxygen atoms in total. The molecule has 0 saturated carbocycles. The Bertz CT molecular complexity index is 1600. The summed E-state index contributed by atoms with van der Waals surface area (Å²) in [6.45, 7) is 2.31. The van der Waals surface area contributed by atoms with Gasteiger partial charge in [0.2, 0.25) is 5.95 Å². The molecule has 0 fully saturated rings. The number of hydrogen-bond donors (Lipinski definition) is 2. The van der Waals surface area contributed by atoms with E-state index in [-0.39, 0.29) is 5.91 Å². The van der Waals surface area contributed by atoms with Gasteiger partial charge in [-0.05, 0) is 53.8 Å². The maximum atomic E-state index is 13.7. The minimum atomic E-state index is -0.531. The highest BCUT2D eigenvalue weighted by Crippen LogP contribution is 2.38. The van der Waals surface area contributed by atoms with Crippen LogP contribution in [0.4, 0.5) is 11.8 Å². The number of pyridine rings is 1. The molecule has 1 unspecified atom stereocenters. The summed E-state index contributed by atoms with van der Waals surface area (Å²) < 4.78 is 7.88. The van der Waals surface area contributed by atoms with E-state index in [1.54, 1.807) is 34.3 Å². The van der Waals surface area contributed by atoms with Gasteiger partial charge in [0.15, 0.2) is 5.82 Å². The third kappa shape index (κ3) is 4.79. The Morgan fingerprint density at radius 3 is 2.71 bits per heavy atom. The summed E-state index contributed by atoms with van der Waals surface area (Å²) in [5.74, 6) is 2.07. The summed E-state index contributed by atoms with van der Waals surface area (Å²) in [5, 5.41) is 13.0. The number of fused-ring (bicyclic) bond motifs is 1. The lowest BCUT2D eigenvalue weighted by molar-refractivity contribution is -0.113. The van der Waals surface area contributed by atoms with Crippen molar-refractivity contribution in [3.63, 3.8) is 0 Å². The number of amides is 1. The van der Waals surface area contributed by atoms with Crippen LogP contribution in [0.5, 0.6) is 5.75 Å². The maximum absolute atomic E-state index is 13.7. The lowest BCUT2D eigenvalue weighted by atomic mass is 9.95. The predicted octanol–water partition coefficient (Wildman–Crippen LogP) is 5.91. The van der Waals surface area contributed by atoms with E-state index >= 15 is 0 Å². The zero-order valence-corrected chi connectivity index (χ0v) is 21.4. The first-order chi connectivity index (χ1) is 18.7. The fourth-order valence-electron chi connectivity index (χ4n) is 4.40. The second-order valence-electron chi connectivity index (χ2n) is 8.76. The molecule has 2 N–H and O–H groups in total. The quantitative estimate of drug-likeness (QED) is 0.277. The molecule has 188 valence electrons. The van der Waals surface area contributed by atoms with Gasteiger partial charge in [-0.1, -0.05) is 54.6 Å². The van der Waals surface area contributed by atoms with Crippen LogP contribution in [0.15, 0.2) is 108 Å². The molecule has 0 bridgehead atoms. The van der Waals surface area contributed by atoms with E-state index in [0.717, 1.165) is 16.0 Å². The molecule has 0 radical (unpaired) electrons. The second-order valence-corrected chi connectivity index (χ2v) is 9.71. The van der Waals surface area contributed by atoms with Crippen molar-refractivity contribution in [2.45, 2.75) is 19.6 Å². The molecule has 4 heterocycles. The number of aromatic nitrogens is 4. The van der Waals surface area contributed by atoms with Crippen molar-refractivity contribution in [1.29, 1.82) is 0 Å². The standard InChI is InChI=1S/C29H24N6O2S/c1-19-25(28(36)32-24-14-5-6-15-30-24)26(35-29(31-19)33-27(34-35)23-13-8-16-38-23)21-11-7-12-22(17-21)37-18-20-9-3-2-4-10-20/h2-17,26H,18H2,1H3,(H,30,32,36)(H,31,33,34). The number of nitrogens with zero attached hydrogens (tertiary/aromatic N) is 4. The molecule has 2 aromatic carbocycles. The van der Waals surface area contributed by atoms with Crippen LogP contribution in [-0.4, -0.2) is 25.7 Å². The maximum Gasteiger partial charge on any atom is 0.257 e. The summed E-state index contributed by atoms with van der Waals surface area (Å²) in [7, 11) is 0. The zero-order chi connectivity index (χ0) is 25.9. The average Bonchev–Trinajstić information content (AvgIpc) is 3.63. The Morgan fingerprint density at radius 1 is 1.05 bits per heavy atom. The van der Waals surface area contributed by atoms with E-state index < -0.39 is 6.04 Å². The van der Waals surface area contributed by atoms with Crippen LogP contribution < -0.4 is 15.4 Å². The van der Waals surface area contributed by atoms with Crippen molar-refractivity contribution in [2.24, 2.45) is 0 Å². The highest BCUT2D eigenvalue weighted by molar-refractivity contribution is 7.13. The Hall–Kier alpha value is -4.76. The molecule has 0 aliphatic carbocycles. The molecule has 5 aromatic rings. The fraction of sp³-hybridized carbons (Fsp3) is 0.103. The van der Waals surface area contributed by atoms with Gasteiger partial charge in [0, 0.05) is 11.9 Å². The molecule has 0 spiro atoms. The fourth-order valence-corrected chi connectivity index (χ4v) is 5.05. The third-order valence-electron chi connectivity index (χ3n) is 6.17. The van der Waals surface area contributed by atoms with Crippen molar-refractivity contribution in [3.05, 3.63) is 119 Å². The minimum absolute atomic E-state index is 0.270. The van der Waals surface area contributed by atoms with Gasteiger partial charge < -0.3 is 15.4 Å². The van der Waals surface area contributed by atoms with E-state index in [0.29, 0.717) is 41.2 Å². The predicted molar refractivity (Wildman–Crippen MR) is 148 cm³/mol. The van der Waals surface area contributed by atoms with Crippen LogP contribution >= 0.6 is 11.3 Å². The van der Waals surface area contributed by atoms with Gasteiger partial charge in [0.05, 0.1) is 10.5 Å². The van der Waals surface area contributed by atoms with E-state index in [9.17, 15) is 4.79 Å². The summed E-state index contributed by atoms with van der Waals surface area (Å²) in [5.41, 5.74) is 3.14. The lowest BCUT2D eigenvalue weighted by Crippen LogP contribution is -2.31. The molecule has 6 rings (SSSR count). The number of ether oxygens (including phenoxy) is 1. The Morgan fingerprint density at radius 2 is 1.92 bits per heavy atom. The number of nitrogens with one attached hydrogen (secondary N) is 2. The molecule has 1 amide bonds. The normalized spacial score (nSPS) is 14.5. The first-order valence-corrected chi connectivity index (χ1v) is 13.0. The number of rotatable bonds is 7. The SMILES string of the molecule is CC1=C(C(=O)Nc2ccccn2)C(c2cccc(OCc3ccccc3)c2)n2nc(-c3cccs3)nc2N1. The van der Waals surface area contributed by atoms with Gasteiger partial charge in [0.25, 0.3) is 5.91 Å². The number of benzene rings is 2. The Kier molecular flexibility index (Phi) is 6.41. The molecule has 9 heteroatoms. The van der Waals surface area contributed by atoms with Gasteiger partial charge >= 0.3 is 0 Å². The van der Waals surface area contributed by atoms with Gasteiger partial charge in [-0.25, -0.2) is 9.67 Å². The summed E-state index contributed by atoms with van der Waals surface area (Å²) in [6.07, 6.45) is 1.64. The number of allylic oxidation sites excluding steroid dienone is 1. The molecular weight excluding hydrogens is 496 g/mol. The molecule has 1 atom stereocenters. The lowest BCUT2D eigenvalue weighted by Gasteiger charge is -2.28. The highest BCUT2D eigenvalue weighted by Gasteiger charge is 2.35. The first kappa shape index (κ1) is 23.6. The molecular formula is C29H24N6O2S. The topological polar surface area (TPSA) is 94.0 Å². The van der Waals surface area contributed by atoms with Gasteiger partial charge in [-0.3, -0.25) is 4.79 Å². The van der Waals surface area contributed by atoms with Crippen LogP contribution in [0, 0.1) is 0 Å². The minimum Gasteiger partial charge on any atom is -0.489 e. The summed E-state index contributed by atoms with van der Waals surface area (Å²) in [6, 6.07) is 26.6.